The normalized spacial score (nSPS) is 12.3. The first-order valence-corrected chi connectivity index (χ1v) is 9.53. The van der Waals surface area contributed by atoms with Gasteiger partial charge in [-0.05, 0) is 47.9 Å². The summed E-state index contributed by atoms with van der Waals surface area (Å²) in [6, 6.07) is 17.8. The van der Waals surface area contributed by atoms with E-state index in [4.69, 9.17) is 14.2 Å². The van der Waals surface area contributed by atoms with Crippen molar-refractivity contribution in [3.8, 4) is 22.8 Å². The second kappa shape index (κ2) is 8.27. The molecule has 1 aromatic heterocycles. The second-order valence-corrected chi connectivity index (χ2v) is 6.84. The Balaban J connectivity index is 1.52. The molecule has 0 bridgehead atoms. The minimum absolute atomic E-state index is 0.269. The summed E-state index contributed by atoms with van der Waals surface area (Å²) >= 11 is 0. The van der Waals surface area contributed by atoms with Crippen LogP contribution in [0.2, 0.25) is 0 Å². The maximum absolute atomic E-state index is 12.1. The summed E-state index contributed by atoms with van der Waals surface area (Å²) in [5.74, 6) is 1.10. The SMILES string of the molecule is COc1cc2c(cc1OC)-c1ccc(/C=C/C(=O)OCc3ccccc3)n1CC2. The fourth-order valence-corrected chi connectivity index (χ4v) is 3.64. The first-order valence-electron chi connectivity index (χ1n) is 9.53. The number of carbonyl (C=O) groups is 1. The Labute approximate surface area is 170 Å². The summed E-state index contributed by atoms with van der Waals surface area (Å²) in [5, 5.41) is 0. The zero-order chi connectivity index (χ0) is 20.2. The average Bonchev–Trinajstić information content (AvgIpc) is 3.19. The first kappa shape index (κ1) is 18.9. The number of benzene rings is 2. The molecule has 0 aliphatic carbocycles. The maximum Gasteiger partial charge on any atom is 0.331 e. The number of aryl methyl sites for hydroxylation is 1. The van der Waals surface area contributed by atoms with E-state index in [9.17, 15) is 4.79 Å². The van der Waals surface area contributed by atoms with E-state index in [1.165, 1.54) is 11.6 Å². The van der Waals surface area contributed by atoms with Crippen molar-refractivity contribution < 1.29 is 19.0 Å². The van der Waals surface area contributed by atoms with E-state index in [1.807, 2.05) is 54.6 Å². The summed E-state index contributed by atoms with van der Waals surface area (Å²) in [4.78, 5) is 12.1. The number of rotatable bonds is 6. The summed E-state index contributed by atoms with van der Waals surface area (Å²) in [5.41, 5.74) is 5.39. The van der Waals surface area contributed by atoms with Crippen LogP contribution in [-0.4, -0.2) is 24.8 Å². The third-order valence-electron chi connectivity index (χ3n) is 5.12. The molecule has 4 rings (SSSR count). The van der Waals surface area contributed by atoms with Gasteiger partial charge in [0, 0.05) is 29.6 Å². The van der Waals surface area contributed by atoms with Crippen LogP contribution in [0.5, 0.6) is 11.5 Å². The maximum atomic E-state index is 12.1. The van der Waals surface area contributed by atoms with Gasteiger partial charge in [0.15, 0.2) is 11.5 Å². The van der Waals surface area contributed by atoms with Gasteiger partial charge in [0.05, 0.1) is 14.2 Å². The Morgan fingerprint density at radius 1 is 1.03 bits per heavy atom. The van der Waals surface area contributed by atoms with Crippen molar-refractivity contribution in [3.63, 3.8) is 0 Å². The molecule has 1 aliphatic rings. The Morgan fingerprint density at radius 2 is 1.79 bits per heavy atom. The molecule has 0 atom stereocenters. The minimum atomic E-state index is -0.355. The van der Waals surface area contributed by atoms with E-state index in [-0.39, 0.29) is 12.6 Å². The molecular weight excluding hydrogens is 366 g/mol. The Kier molecular flexibility index (Phi) is 5.38. The fourth-order valence-electron chi connectivity index (χ4n) is 3.64. The molecular formula is C24H23NO4. The first-order chi connectivity index (χ1) is 14.2. The highest BCUT2D eigenvalue weighted by Crippen LogP contribution is 2.39. The molecule has 29 heavy (non-hydrogen) atoms. The van der Waals surface area contributed by atoms with Gasteiger partial charge in [-0.15, -0.1) is 0 Å². The van der Waals surface area contributed by atoms with E-state index in [1.54, 1.807) is 14.2 Å². The predicted octanol–water partition coefficient (Wildman–Crippen LogP) is 4.49. The molecule has 0 saturated carbocycles. The van der Waals surface area contributed by atoms with Crippen LogP contribution in [-0.2, 0) is 29.1 Å². The van der Waals surface area contributed by atoms with Crippen LogP contribution in [0, 0.1) is 0 Å². The summed E-state index contributed by atoms with van der Waals surface area (Å²) < 4.78 is 18.4. The van der Waals surface area contributed by atoms with Gasteiger partial charge in [-0.2, -0.15) is 0 Å². The van der Waals surface area contributed by atoms with Crippen LogP contribution < -0.4 is 9.47 Å². The number of carbonyl (C=O) groups excluding carboxylic acids is 1. The molecule has 2 heterocycles. The van der Waals surface area contributed by atoms with Gasteiger partial charge in [-0.25, -0.2) is 4.79 Å². The van der Waals surface area contributed by atoms with E-state index in [0.29, 0.717) is 5.75 Å². The number of methoxy groups -OCH3 is 2. The summed E-state index contributed by atoms with van der Waals surface area (Å²) in [6.45, 7) is 1.11. The number of hydrogen-bond acceptors (Lipinski definition) is 4. The molecule has 2 aromatic carbocycles. The standard InChI is InChI=1S/C24H23NO4/c1-27-22-14-18-12-13-25-19(8-10-21(25)20(18)15-23(22)28-2)9-11-24(26)29-16-17-6-4-3-5-7-17/h3-11,14-15H,12-13,16H2,1-2H3/b11-9+. The van der Waals surface area contributed by atoms with Crippen molar-refractivity contribution in [2.75, 3.05) is 14.2 Å². The minimum Gasteiger partial charge on any atom is -0.493 e. The molecule has 1 aliphatic heterocycles. The lowest BCUT2D eigenvalue weighted by Crippen LogP contribution is -2.12. The van der Waals surface area contributed by atoms with Crippen molar-refractivity contribution >= 4 is 12.0 Å². The van der Waals surface area contributed by atoms with Crippen LogP contribution in [0.1, 0.15) is 16.8 Å². The quantitative estimate of drug-likeness (QED) is 0.461. The topological polar surface area (TPSA) is 49.7 Å². The second-order valence-electron chi connectivity index (χ2n) is 6.84. The van der Waals surface area contributed by atoms with Crippen molar-refractivity contribution in [2.24, 2.45) is 0 Å². The molecule has 0 N–H and O–H groups in total. The van der Waals surface area contributed by atoms with Crippen LogP contribution >= 0.6 is 0 Å². The van der Waals surface area contributed by atoms with E-state index in [2.05, 4.69) is 10.6 Å². The van der Waals surface area contributed by atoms with Crippen molar-refractivity contribution in [3.05, 3.63) is 77.5 Å². The number of fused-ring (bicyclic) bond motifs is 3. The smallest absolute Gasteiger partial charge is 0.331 e. The Morgan fingerprint density at radius 3 is 2.55 bits per heavy atom. The summed E-state index contributed by atoms with van der Waals surface area (Å²) in [6.07, 6.45) is 4.18. The molecule has 0 spiro atoms. The van der Waals surface area contributed by atoms with Crippen molar-refractivity contribution in [1.82, 2.24) is 4.57 Å². The molecule has 5 nitrogen and oxygen atoms in total. The molecule has 0 unspecified atom stereocenters. The van der Waals surface area contributed by atoms with Crippen LogP contribution in [0.25, 0.3) is 17.3 Å². The molecule has 148 valence electrons. The highest BCUT2D eigenvalue weighted by atomic mass is 16.5. The van der Waals surface area contributed by atoms with Crippen LogP contribution in [0.4, 0.5) is 0 Å². The highest BCUT2D eigenvalue weighted by Gasteiger charge is 2.20. The fraction of sp³-hybridized carbons (Fsp3) is 0.208. The van der Waals surface area contributed by atoms with Gasteiger partial charge in [0.25, 0.3) is 0 Å². The lowest BCUT2D eigenvalue weighted by atomic mass is 9.97. The third-order valence-corrected chi connectivity index (χ3v) is 5.12. The van der Waals surface area contributed by atoms with Gasteiger partial charge in [-0.3, -0.25) is 0 Å². The zero-order valence-electron chi connectivity index (χ0n) is 16.6. The lowest BCUT2D eigenvalue weighted by molar-refractivity contribution is -0.138. The number of aromatic nitrogens is 1. The molecule has 0 amide bonds. The van der Waals surface area contributed by atoms with Gasteiger partial charge >= 0.3 is 5.97 Å². The largest absolute Gasteiger partial charge is 0.493 e. The number of esters is 1. The number of ether oxygens (including phenoxy) is 3. The highest BCUT2D eigenvalue weighted by molar-refractivity contribution is 5.87. The van der Waals surface area contributed by atoms with E-state index < -0.39 is 0 Å². The lowest BCUT2D eigenvalue weighted by Gasteiger charge is -2.22. The molecule has 3 aromatic rings. The Bertz CT molecular complexity index is 1050. The van der Waals surface area contributed by atoms with Gasteiger partial charge < -0.3 is 18.8 Å². The summed E-state index contributed by atoms with van der Waals surface area (Å²) in [7, 11) is 3.29. The Hall–Kier alpha value is -3.47. The number of hydrogen-bond donors (Lipinski definition) is 0. The molecule has 0 saturated heterocycles. The molecule has 0 radical (unpaired) electrons. The van der Waals surface area contributed by atoms with E-state index >= 15 is 0 Å². The third kappa shape index (κ3) is 3.90. The van der Waals surface area contributed by atoms with Gasteiger partial charge in [0.1, 0.15) is 6.61 Å². The number of nitrogens with zero attached hydrogens (tertiary/aromatic N) is 1. The molecule has 0 fully saturated rings. The van der Waals surface area contributed by atoms with Crippen molar-refractivity contribution in [1.29, 1.82) is 0 Å². The molecule has 5 heteroatoms. The monoisotopic (exact) mass is 389 g/mol. The van der Waals surface area contributed by atoms with Crippen LogP contribution in [0.15, 0.2) is 60.7 Å². The predicted molar refractivity (Wildman–Crippen MR) is 112 cm³/mol. The van der Waals surface area contributed by atoms with Crippen LogP contribution in [0.3, 0.4) is 0 Å². The van der Waals surface area contributed by atoms with E-state index in [0.717, 1.165) is 41.2 Å². The average molecular weight is 389 g/mol. The zero-order valence-corrected chi connectivity index (χ0v) is 16.6. The van der Waals surface area contributed by atoms with Crippen molar-refractivity contribution in [2.45, 2.75) is 19.6 Å². The van der Waals surface area contributed by atoms with Gasteiger partial charge in [0.2, 0.25) is 0 Å². The van der Waals surface area contributed by atoms with Gasteiger partial charge in [-0.1, -0.05) is 30.3 Å².